The van der Waals surface area contributed by atoms with E-state index in [1.807, 2.05) is 24.2 Å². The minimum atomic E-state index is 0.151. The molecule has 0 radical (unpaired) electrons. The van der Waals surface area contributed by atoms with E-state index in [1.54, 1.807) is 0 Å². The number of ether oxygens (including phenoxy) is 1. The fraction of sp³-hybridized carbons (Fsp3) is 0.733. The number of piperidine rings is 1. The van der Waals surface area contributed by atoms with Gasteiger partial charge in [0.25, 0.3) is 0 Å². The summed E-state index contributed by atoms with van der Waals surface area (Å²) in [5.74, 6) is 1.28. The average molecular weight is 277 g/mol. The Morgan fingerprint density at radius 2 is 2.35 bits per heavy atom. The van der Waals surface area contributed by atoms with Crippen molar-refractivity contribution in [3.8, 4) is 0 Å². The van der Waals surface area contributed by atoms with Crippen LogP contribution in [0.25, 0.3) is 0 Å². The van der Waals surface area contributed by atoms with Gasteiger partial charge in [0.2, 0.25) is 5.91 Å². The Balaban J connectivity index is 1.60. The summed E-state index contributed by atoms with van der Waals surface area (Å²) in [7, 11) is 0. The van der Waals surface area contributed by atoms with Gasteiger partial charge in [-0.15, -0.1) is 0 Å². The molecule has 110 valence electrons. The fourth-order valence-electron chi connectivity index (χ4n) is 3.31. The van der Waals surface area contributed by atoms with Crippen LogP contribution in [0.3, 0.4) is 0 Å². The number of carbonyl (C=O) groups is 1. The molecule has 2 saturated heterocycles. The first-order chi connectivity index (χ1) is 9.74. The molecule has 1 aromatic heterocycles. The van der Waals surface area contributed by atoms with Gasteiger partial charge in [-0.3, -0.25) is 4.79 Å². The molecule has 5 nitrogen and oxygen atoms in total. The molecule has 2 aliphatic heterocycles. The van der Waals surface area contributed by atoms with Gasteiger partial charge in [-0.2, -0.15) is 0 Å². The summed E-state index contributed by atoms with van der Waals surface area (Å²) < 4.78 is 7.77. The molecular formula is C15H23N3O2. The first-order valence-corrected chi connectivity index (χ1v) is 7.63. The number of rotatable bonds is 3. The van der Waals surface area contributed by atoms with Crippen LogP contribution in [0, 0.1) is 6.92 Å². The molecule has 3 heterocycles. The maximum atomic E-state index is 12.4. The van der Waals surface area contributed by atoms with Gasteiger partial charge in [-0.25, -0.2) is 4.98 Å². The van der Waals surface area contributed by atoms with Crippen LogP contribution in [0.2, 0.25) is 0 Å². The number of hydrogen-bond donors (Lipinski definition) is 0. The molecule has 0 aliphatic carbocycles. The summed E-state index contributed by atoms with van der Waals surface area (Å²) in [6.45, 7) is 4.53. The van der Waals surface area contributed by atoms with E-state index in [0.29, 0.717) is 12.5 Å². The van der Waals surface area contributed by atoms with E-state index in [-0.39, 0.29) is 12.0 Å². The van der Waals surface area contributed by atoms with Crippen LogP contribution in [0.1, 0.15) is 44.0 Å². The summed E-state index contributed by atoms with van der Waals surface area (Å²) in [5, 5.41) is 0. The van der Waals surface area contributed by atoms with Crippen molar-refractivity contribution < 1.29 is 9.53 Å². The number of carbonyl (C=O) groups excluding carboxylic acids is 1. The summed E-state index contributed by atoms with van der Waals surface area (Å²) >= 11 is 0. The molecule has 0 aromatic carbocycles. The van der Waals surface area contributed by atoms with E-state index in [1.165, 1.54) is 0 Å². The maximum absolute atomic E-state index is 12.4. The molecule has 0 unspecified atom stereocenters. The Morgan fingerprint density at radius 3 is 3.05 bits per heavy atom. The normalized spacial score (nSPS) is 26.9. The van der Waals surface area contributed by atoms with Crippen LogP contribution in [-0.4, -0.2) is 46.2 Å². The van der Waals surface area contributed by atoms with E-state index < -0.39 is 0 Å². The van der Waals surface area contributed by atoms with Gasteiger partial charge in [0, 0.05) is 32.1 Å². The lowest BCUT2D eigenvalue weighted by molar-refractivity contribution is -0.135. The quantitative estimate of drug-likeness (QED) is 0.848. The second-order valence-electron chi connectivity index (χ2n) is 5.86. The van der Waals surface area contributed by atoms with Crippen LogP contribution in [-0.2, 0) is 9.53 Å². The number of hydrogen-bond acceptors (Lipinski definition) is 3. The van der Waals surface area contributed by atoms with Gasteiger partial charge in [-0.1, -0.05) is 0 Å². The second-order valence-corrected chi connectivity index (χ2v) is 5.86. The zero-order chi connectivity index (χ0) is 13.9. The number of amides is 1. The molecule has 0 bridgehead atoms. The van der Waals surface area contributed by atoms with Crippen molar-refractivity contribution in [1.82, 2.24) is 14.5 Å². The summed E-state index contributed by atoms with van der Waals surface area (Å²) in [6.07, 6.45) is 8.88. The number of aryl methyl sites for hydroxylation is 1. The Bertz CT molecular complexity index is 465. The summed E-state index contributed by atoms with van der Waals surface area (Å²) in [5.41, 5.74) is 0. The molecule has 2 atom stereocenters. The molecule has 5 heteroatoms. The highest BCUT2D eigenvalue weighted by Gasteiger charge is 2.28. The number of imidazole rings is 1. The van der Waals surface area contributed by atoms with E-state index in [9.17, 15) is 4.79 Å². The highest BCUT2D eigenvalue weighted by molar-refractivity contribution is 5.76. The van der Waals surface area contributed by atoms with Crippen molar-refractivity contribution in [2.75, 3.05) is 19.7 Å². The van der Waals surface area contributed by atoms with Crippen molar-refractivity contribution in [1.29, 1.82) is 0 Å². The maximum Gasteiger partial charge on any atom is 0.225 e. The SMILES string of the molecule is Cc1nccn1[C@H]1CCCN(C(=O)C[C@@H]2CCCO2)C1. The van der Waals surface area contributed by atoms with E-state index >= 15 is 0 Å². The van der Waals surface area contributed by atoms with Crippen molar-refractivity contribution in [2.24, 2.45) is 0 Å². The first-order valence-electron chi connectivity index (χ1n) is 7.63. The minimum absolute atomic E-state index is 0.151. The molecule has 2 aliphatic rings. The monoisotopic (exact) mass is 277 g/mol. The van der Waals surface area contributed by atoms with E-state index in [0.717, 1.165) is 51.2 Å². The molecule has 20 heavy (non-hydrogen) atoms. The lowest BCUT2D eigenvalue weighted by Crippen LogP contribution is -2.41. The van der Waals surface area contributed by atoms with Crippen LogP contribution in [0.4, 0.5) is 0 Å². The van der Waals surface area contributed by atoms with E-state index in [2.05, 4.69) is 9.55 Å². The molecule has 0 saturated carbocycles. The van der Waals surface area contributed by atoms with Crippen molar-refractivity contribution >= 4 is 5.91 Å². The molecule has 1 aromatic rings. The second kappa shape index (κ2) is 5.95. The highest BCUT2D eigenvalue weighted by Crippen LogP contribution is 2.24. The summed E-state index contributed by atoms with van der Waals surface area (Å²) in [6, 6.07) is 0.375. The zero-order valence-electron chi connectivity index (χ0n) is 12.1. The van der Waals surface area contributed by atoms with Crippen LogP contribution in [0.15, 0.2) is 12.4 Å². The fourth-order valence-corrected chi connectivity index (χ4v) is 3.31. The lowest BCUT2D eigenvalue weighted by atomic mass is 10.0. The Morgan fingerprint density at radius 1 is 1.45 bits per heavy atom. The van der Waals surface area contributed by atoms with Gasteiger partial charge in [0.05, 0.1) is 18.6 Å². The lowest BCUT2D eigenvalue weighted by Gasteiger charge is -2.34. The van der Waals surface area contributed by atoms with Crippen LogP contribution in [0.5, 0.6) is 0 Å². The van der Waals surface area contributed by atoms with Gasteiger partial charge >= 0.3 is 0 Å². The Hall–Kier alpha value is -1.36. The summed E-state index contributed by atoms with van der Waals surface area (Å²) in [4.78, 5) is 18.7. The molecule has 0 N–H and O–H groups in total. The predicted octanol–water partition coefficient (Wildman–Crippen LogP) is 1.92. The number of nitrogens with zero attached hydrogens (tertiary/aromatic N) is 3. The third-order valence-electron chi connectivity index (χ3n) is 4.43. The molecule has 1 amide bonds. The number of aromatic nitrogens is 2. The van der Waals surface area contributed by atoms with Crippen molar-refractivity contribution in [3.05, 3.63) is 18.2 Å². The minimum Gasteiger partial charge on any atom is -0.378 e. The Labute approximate surface area is 119 Å². The van der Waals surface area contributed by atoms with Crippen molar-refractivity contribution in [2.45, 2.75) is 51.2 Å². The average Bonchev–Trinajstić information content (AvgIpc) is 3.10. The largest absolute Gasteiger partial charge is 0.378 e. The van der Waals surface area contributed by atoms with Gasteiger partial charge < -0.3 is 14.2 Å². The molecule has 2 fully saturated rings. The molecule has 3 rings (SSSR count). The predicted molar refractivity (Wildman–Crippen MR) is 75.4 cm³/mol. The Kier molecular flexibility index (Phi) is 4.05. The third-order valence-corrected chi connectivity index (χ3v) is 4.43. The smallest absolute Gasteiger partial charge is 0.225 e. The number of likely N-dealkylation sites (tertiary alicyclic amines) is 1. The van der Waals surface area contributed by atoms with Crippen LogP contribution < -0.4 is 0 Å². The standard InChI is InChI=1S/C15H23N3O2/c1-12-16-6-8-18(12)13-4-2-7-17(11-13)15(19)10-14-5-3-9-20-14/h6,8,13-14H,2-5,7,9-11H2,1H3/t13-,14-/m0/s1. The van der Waals surface area contributed by atoms with Crippen LogP contribution >= 0.6 is 0 Å². The first kappa shape index (κ1) is 13.6. The third kappa shape index (κ3) is 2.87. The van der Waals surface area contributed by atoms with Crippen molar-refractivity contribution in [3.63, 3.8) is 0 Å². The zero-order valence-corrected chi connectivity index (χ0v) is 12.1. The topological polar surface area (TPSA) is 47.4 Å². The molecule has 0 spiro atoms. The highest BCUT2D eigenvalue weighted by atomic mass is 16.5. The van der Waals surface area contributed by atoms with Gasteiger partial charge in [-0.05, 0) is 32.6 Å². The van der Waals surface area contributed by atoms with Gasteiger partial charge in [0.1, 0.15) is 5.82 Å². The van der Waals surface area contributed by atoms with E-state index in [4.69, 9.17) is 4.74 Å². The van der Waals surface area contributed by atoms with Gasteiger partial charge in [0.15, 0.2) is 0 Å². The molecular weight excluding hydrogens is 254 g/mol.